The third-order valence-electron chi connectivity index (χ3n) is 3.51. The highest BCUT2D eigenvalue weighted by molar-refractivity contribution is 5.85. The van der Waals surface area contributed by atoms with E-state index in [4.69, 9.17) is 9.26 Å². The van der Waals surface area contributed by atoms with Gasteiger partial charge in [-0.3, -0.25) is 0 Å². The third kappa shape index (κ3) is 3.33. The van der Waals surface area contributed by atoms with Crippen molar-refractivity contribution in [2.75, 3.05) is 6.61 Å². The molecule has 0 saturated carbocycles. The molecular formula is C18H21N3O2. The summed E-state index contributed by atoms with van der Waals surface area (Å²) in [5, 5.41) is 5.15. The molecular weight excluding hydrogens is 290 g/mol. The molecule has 23 heavy (non-hydrogen) atoms. The van der Waals surface area contributed by atoms with Gasteiger partial charge in [0.25, 0.3) is 0 Å². The van der Waals surface area contributed by atoms with E-state index in [0.29, 0.717) is 30.1 Å². The van der Waals surface area contributed by atoms with Gasteiger partial charge in [-0.1, -0.05) is 30.6 Å². The Morgan fingerprint density at radius 2 is 2.00 bits per heavy atom. The lowest BCUT2D eigenvalue weighted by Crippen LogP contribution is -1.99. The monoisotopic (exact) mass is 311 g/mol. The zero-order valence-corrected chi connectivity index (χ0v) is 14.0. The maximum Gasteiger partial charge on any atom is 0.227 e. The number of aromatic nitrogens is 3. The molecule has 2 aromatic heterocycles. The Labute approximate surface area is 135 Å². The number of nitrogens with zero attached hydrogens (tertiary/aromatic N) is 3. The first-order valence-electron chi connectivity index (χ1n) is 7.94. The van der Waals surface area contributed by atoms with E-state index in [1.54, 1.807) is 0 Å². The van der Waals surface area contributed by atoms with Gasteiger partial charge in [-0.15, -0.1) is 0 Å². The van der Waals surface area contributed by atoms with E-state index in [2.05, 4.69) is 42.0 Å². The molecule has 3 rings (SSSR count). The van der Waals surface area contributed by atoms with Gasteiger partial charge in [0, 0.05) is 11.8 Å². The quantitative estimate of drug-likeness (QED) is 0.707. The summed E-state index contributed by atoms with van der Waals surface area (Å²) in [5.41, 5.74) is 2.85. The van der Waals surface area contributed by atoms with E-state index in [1.165, 1.54) is 5.56 Å². The van der Waals surface area contributed by atoms with Gasteiger partial charge in [-0.05, 0) is 38.0 Å². The second kappa shape index (κ2) is 6.36. The molecule has 0 aliphatic carbocycles. The molecule has 0 saturated heterocycles. The molecule has 0 aliphatic heterocycles. The van der Waals surface area contributed by atoms with Crippen LogP contribution in [-0.4, -0.2) is 21.7 Å². The molecule has 120 valence electrons. The largest absolute Gasteiger partial charge is 0.477 e. The second-order valence-corrected chi connectivity index (χ2v) is 6.08. The van der Waals surface area contributed by atoms with Gasteiger partial charge in [0.15, 0.2) is 0 Å². The summed E-state index contributed by atoms with van der Waals surface area (Å²) in [5.74, 6) is 2.18. The topological polar surface area (TPSA) is 61.0 Å². The van der Waals surface area contributed by atoms with E-state index in [0.717, 1.165) is 22.9 Å². The number of hydrogen-bond donors (Lipinski definition) is 0. The van der Waals surface area contributed by atoms with Crippen LogP contribution in [0.4, 0.5) is 0 Å². The van der Waals surface area contributed by atoms with Crippen molar-refractivity contribution in [2.45, 2.75) is 34.1 Å². The lowest BCUT2D eigenvalue weighted by atomic mass is 10.1. The smallest absolute Gasteiger partial charge is 0.227 e. The van der Waals surface area contributed by atoms with Crippen LogP contribution in [0.5, 0.6) is 5.88 Å². The molecule has 0 aliphatic rings. The normalized spacial score (nSPS) is 11.3. The Morgan fingerprint density at radius 3 is 2.74 bits per heavy atom. The number of rotatable bonds is 5. The zero-order valence-electron chi connectivity index (χ0n) is 14.0. The van der Waals surface area contributed by atoms with Crippen LogP contribution in [0.15, 0.2) is 28.8 Å². The van der Waals surface area contributed by atoms with Gasteiger partial charge in [0.1, 0.15) is 0 Å². The number of ether oxygens (including phenoxy) is 1. The van der Waals surface area contributed by atoms with E-state index >= 15 is 0 Å². The average molecular weight is 311 g/mol. The van der Waals surface area contributed by atoms with Crippen molar-refractivity contribution in [1.29, 1.82) is 0 Å². The molecule has 0 amide bonds. The third-order valence-corrected chi connectivity index (χ3v) is 3.51. The summed E-state index contributed by atoms with van der Waals surface area (Å²) in [4.78, 5) is 9.10. The van der Waals surface area contributed by atoms with E-state index in [-0.39, 0.29) is 0 Å². The Balaban J connectivity index is 2.09. The molecule has 0 bridgehead atoms. The first kappa shape index (κ1) is 15.5. The van der Waals surface area contributed by atoms with Crippen molar-refractivity contribution >= 4 is 10.9 Å². The van der Waals surface area contributed by atoms with E-state index in [9.17, 15) is 0 Å². The lowest BCUT2D eigenvalue weighted by Gasteiger charge is -2.08. The number of benzene rings is 1. The SMILES string of the molecule is CCOc1nc2ccc(C)cc2cc1-c1noc(CC(C)C)n1. The summed E-state index contributed by atoms with van der Waals surface area (Å²) in [7, 11) is 0. The van der Waals surface area contributed by atoms with Gasteiger partial charge >= 0.3 is 0 Å². The Morgan fingerprint density at radius 1 is 1.17 bits per heavy atom. The highest BCUT2D eigenvalue weighted by Crippen LogP contribution is 2.30. The predicted octanol–water partition coefficient (Wildman–Crippen LogP) is 4.19. The minimum Gasteiger partial charge on any atom is -0.477 e. The van der Waals surface area contributed by atoms with Crippen LogP contribution in [0.3, 0.4) is 0 Å². The molecule has 0 N–H and O–H groups in total. The molecule has 0 atom stereocenters. The number of fused-ring (bicyclic) bond motifs is 1. The van der Waals surface area contributed by atoms with Gasteiger partial charge in [-0.2, -0.15) is 4.98 Å². The summed E-state index contributed by atoms with van der Waals surface area (Å²) in [6, 6.07) is 8.15. The zero-order chi connectivity index (χ0) is 16.4. The summed E-state index contributed by atoms with van der Waals surface area (Å²) in [6.07, 6.45) is 0.761. The summed E-state index contributed by atoms with van der Waals surface area (Å²) in [6.45, 7) is 8.77. The Bertz CT molecular complexity index is 824. The molecule has 0 spiro atoms. The molecule has 0 fully saturated rings. The Hall–Kier alpha value is -2.43. The molecule has 5 heteroatoms. The van der Waals surface area contributed by atoms with Crippen LogP contribution in [-0.2, 0) is 6.42 Å². The minimum atomic E-state index is 0.465. The second-order valence-electron chi connectivity index (χ2n) is 6.08. The molecule has 0 radical (unpaired) electrons. The van der Waals surface area contributed by atoms with E-state index < -0.39 is 0 Å². The van der Waals surface area contributed by atoms with Crippen LogP contribution in [0.2, 0.25) is 0 Å². The van der Waals surface area contributed by atoms with Crippen LogP contribution in [0.1, 0.15) is 32.2 Å². The van der Waals surface area contributed by atoms with Crippen molar-refractivity contribution in [1.82, 2.24) is 15.1 Å². The highest BCUT2D eigenvalue weighted by atomic mass is 16.5. The molecule has 5 nitrogen and oxygen atoms in total. The van der Waals surface area contributed by atoms with Gasteiger partial charge in [-0.25, -0.2) is 4.98 Å². The maximum absolute atomic E-state index is 5.69. The maximum atomic E-state index is 5.69. The standard InChI is InChI=1S/C18H21N3O2/c1-5-22-18-14(17-20-16(23-21-17)8-11(2)3)10-13-9-12(4)6-7-15(13)19-18/h6-7,9-11H,5,8H2,1-4H3. The van der Waals surface area contributed by atoms with Crippen molar-refractivity contribution in [3.8, 4) is 17.3 Å². The van der Waals surface area contributed by atoms with Crippen molar-refractivity contribution in [2.24, 2.45) is 5.92 Å². The number of aryl methyl sites for hydroxylation is 1. The summed E-state index contributed by atoms with van der Waals surface area (Å²) >= 11 is 0. The van der Waals surface area contributed by atoms with Crippen LogP contribution >= 0.6 is 0 Å². The number of pyridine rings is 1. The van der Waals surface area contributed by atoms with E-state index in [1.807, 2.05) is 25.1 Å². The van der Waals surface area contributed by atoms with Crippen LogP contribution < -0.4 is 4.74 Å². The Kier molecular flexibility index (Phi) is 4.28. The first-order chi connectivity index (χ1) is 11.1. The molecule has 3 aromatic rings. The van der Waals surface area contributed by atoms with Crippen molar-refractivity contribution < 1.29 is 9.26 Å². The van der Waals surface area contributed by atoms with Gasteiger partial charge < -0.3 is 9.26 Å². The fourth-order valence-corrected chi connectivity index (χ4v) is 2.48. The molecule has 0 unspecified atom stereocenters. The van der Waals surface area contributed by atoms with Gasteiger partial charge in [0.2, 0.25) is 17.6 Å². The van der Waals surface area contributed by atoms with Crippen molar-refractivity contribution in [3.05, 3.63) is 35.7 Å². The average Bonchev–Trinajstić information content (AvgIpc) is 2.94. The fraction of sp³-hybridized carbons (Fsp3) is 0.389. The molecule has 1 aromatic carbocycles. The first-order valence-corrected chi connectivity index (χ1v) is 7.94. The van der Waals surface area contributed by atoms with Crippen LogP contribution in [0, 0.1) is 12.8 Å². The summed E-state index contributed by atoms with van der Waals surface area (Å²) < 4.78 is 11.0. The van der Waals surface area contributed by atoms with Crippen LogP contribution in [0.25, 0.3) is 22.3 Å². The predicted molar refractivity (Wildman–Crippen MR) is 89.5 cm³/mol. The minimum absolute atomic E-state index is 0.465. The fourth-order valence-electron chi connectivity index (χ4n) is 2.48. The lowest BCUT2D eigenvalue weighted by molar-refractivity contribution is 0.328. The highest BCUT2D eigenvalue weighted by Gasteiger charge is 2.17. The molecule has 2 heterocycles. The van der Waals surface area contributed by atoms with Gasteiger partial charge in [0.05, 0.1) is 17.7 Å². The number of hydrogen-bond acceptors (Lipinski definition) is 5. The van der Waals surface area contributed by atoms with Crippen molar-refractivity contribution in [3.63, 3.8) is 0 Å².